The van der Waals surface area contributed by atoms with Crippen LogP contribution in [0.25, 0.3) is 0 Å². The van der Waals surface area contributed by atoms with Gasteiger partial charge in [-0.15, -0.1) is 0 Å². The largest absolute Gasteiger partial charge is 0.469 e. The van der Waals surface area contributed by atoms with Gasteiger partial charge >= 0.3 is 5.69 Å². The molecular formula is C23H22N4O5. The molecule has 1 amide bonds. The molecule has 3 N–H and O–H groups in total. The van der Waals surface area contributed by atoms with Gasteiger partial charge in [0, 0.05) is 12.8 Å². The quantitative estimate of drug-likeness (QED) is 0.439. The lowest BCUT2D eigenvalue weighted by Gasteiger charge is -2.23. The molecular weight excluding hydrogens is 412 g/mol. The van der Waals surface area contributed by atoms with Gasteiger partial charge in [-0.2, -0.15) is 0 Å². The highest BCUT2D eigenvalue weighted by Gasteiger charge is 2.25. The minimum atomic E-state index is -0.741. The zero-order chi connectivity index (χ0) is 22.5. The summed E-state index contributed by atoms with van der Waals surface area (Å²) in [7, 11) is 0. The lowest BCUT2D eigenvalue weighted by atomic mass is 10.2. The number of carbonyl (C=O) groups excluding carboxylic acids is 1. The van der Waals surface area contributed by atoms with E-state index in [4.69, 9.17) is 14.6 Å². The Morgan fingerprint density at radius 2 is 1.66 bits per heavy atom. The van der Waals surface area contributed by atoms with E-state index < -0.39 is 11.2 Å². The number of aryl methyl sites for hydroxylation is 1. The lowest BCUT2D eigenvalue weighted by Crippen LogP contribution is -2.41. The predicted octanol–water partition coefficient (Wildman–Crippen LogP) is 2.52. The summed E-state index contributed by atoms with van der Waals surface area (Å²) < 4.78 is 11.9. The van der Waals surface area contributed by atoms with Crippen molar-refractivity contribution in [1.29, 1.82) is 0 Å². The minimum absolute atomic E-state index is 0.0131. The zero-order valence-corrected chi connectivity index (χ0v) is 17.2. The van der Waals surface area contributed by atoms with Crippen molar-refractivity contribution < 1.29 is 13.6 Å². The Morgan fingerprint density at radius 3 is 2.31 bits per heavy atom. The lowest BCUT2D eigenvalue weighted by molar-refractivity contribution is -0.118. The Hall–Kier alpha value is -4.27. The second-order valence-electron chi connectivity index (χ2n) is 7.20. The minimum Gasteiger partial charge on any atom is -0.469 e. The molecule has 0 aliphatic carbocycles. The molecule has 0 unspecified atom stereocenters. The van der Waals surface area contributed by atoms with Crippen LogP contribution in [0, 0.1) is 0 Å². The summed E-state index contributed by atoms with van der Waals surface area (Å²) in [5, 5.41) is 0. The second kappa shape index (κ2) is 9.25. The molecule has 1 aromatic carbocycles. The summed E-state index contributed by atoms with van der Waals surface area (Å²) in [6, 6.07) is 16.1. The Kier molecular flexibility index (Phi) is 6.07. The molecule has 9 nitrogen and oxygen atoms in total. The van der Waals surface area contributed by atoms with Crippen LogP contribution < -0.4 is 21.9 Å². The standard InChI is InChI=1S/C23H22N4O5/c24-21-20(22(29)25-23(30)27(21)14-16-6-2-1-3-7-16)26(15-18-9-5-13-32-18)19(28)11-10-17-8-4-12-31-17/h1-9,12-13H,10-11,14-15,24H2,(H,25,29,30). The van der Waals surface area contributed by atoms with Gasteiger partial charge in [-0.05, 0) is 29.8 Å². The molecule has 0 spiro atoms. The van der Waals surface area contributed by atoms with Crippen molar-refractivity contribution in [3.05, 3.63) is 105 Å². The van der Waals surface area contributed by atoms with Crippen molar-refractivity contribution in [3.8, 4) is 0 Å². The number of hydrogen-bond donors (Lipinski definition) is 2. The highest BCUT2D eigenvalue weighted by atomic mass is 16.3. The average molecular weight is 434 g/mol. The fourth-order valence-electron chi connectivity index (χ4n) is 3.43. The SMILES string of the molecule is Nc1c(N(Cc2ccco2)C(=O)CCc2ccco2)c(=O)[nH]c(=O)n1Cc1ccccc1. The first-order chi connectivity index (χ1) is 15.5. The molecule has 0 saturated carbocycles. The van der Waals surface area contributed by atoms with Crippen LogP contribution in [0.1, 0.15) is 23.5 Å². The smallest absolute Gasteiger partial charge is 0.330 e. The van der Waals surface area contributed by atoms with Gasteiger partial charge in [-0.25, -0.2) is 4.79 Å². The number of rotatable bonds is 8. The van der Waals surface area contributed by atoms with E-state index in [9.17, 15) is 14.4 Å². The summed E-state index contributed by atoms with van der Waals surface area (Å²) in [5.41, 5.74) is 5.62. The van der Waals surface area contributed by atoms with E-state index in [0.717, 1.165) is 5.56 Å². The van der Waals surface area contributed by atoms with Crippen molar-refractivity contribution in [1.82, 2.24) is 9.55 Å². The van der Waals surface area contributed by atoms with Gasteiger partial charge in [0.25, 0.3) is 5.56 Å². The van der Waals surface area contributed by atoms with Crippen molar-refractivity contribution in [2.75, 3.05) is 10.6 Å². The Morgan fingerprint density at radius 1 is 0.969 bits per heavy atom. The number of amides is 1. The van der Waals surface area contributed by atoms with Gasteiger partial charge < -0.3 is 14.6 Å². The maximum Gasteiger partial charge on any atom is 0.330 e. The van der Waals surface area contributed by atoms with Gasteiger partial charge in [0.1, 0.15) is 17.3 Å². The van der Waals surface area contributed by atoms with Crippen LogP contribution in [0.4, 0.5) is 11.5 Å². The molecule has 32 heavy (non-hydrogen) atoms. The summed E-state index contributed by atoms with van der Waals surface area (Å²) in [4.78, 5) is 42.0. The number of anilines is 2. The van der Waals surface area contributed by atoms with Gasteiger partial charge in [-0.3, -0.25) is 24.0 Å². The maximum absolute atomic E-state index is 13.2. The van der Waals surface area contributed by atoms with Crippen LogP contribution in [-0.2, 0) is 24.3 Å². The molecule has 0 bridgehead atoms. The third kappa shape index (κ3) is 4.56. The Bertz CT molecular complexity index is 1290. The van der Waals surface area contributed by atoms with E-state index >= 15 is 0 Å². The molecule has 0 saturated heterocycles. The van der Waals surface area contributed by atoms with Crippen molar-refractivity contribution in [3.63, 3.8) is 0 Å². The number of hydrogen-bond acceptors (Lipinski definition) is 6. The maximum atomic E-state index is 13.2. The second-order valence-corrected chi connectivity index (χ2v) is 7.20. The number of nitrogens with two attached hydrogens (primary N) is 1. The monoisotopic (exact) mass is 434 g/mol. The summed E-state index contributed by atoms with van der Waals surface area (Å²) in [5.74, 6) is 0.656. The summed E-state index contributed by atoms with van der Waals surface area (Å²) in [6.45, 7) is 0.130. The van der Waals surface area contributed by atoms with E-state index in [0.29, 0.717) is 17.9 Å². The normalized spacial score (nSPS) is 10.9. The Balaban J connectivity index is 1.72. The molecule has 0 radical (unpaired) electrons. The van der Waals surface area contributed by atoms with Crippen molar-refractivity contribution in [2.24, 2.45) is 0 Å². The number of nitrogen functional groups attached to an aromatic ring is 1. The number of nitrogens with zero attached hydrogens (tertiary/aromatic N) is 2. The van der Waals surface area contributed by atoms with Gasteiger partial charge in [0.2, 0.25) is 5.91 Å². The van der Waals surface area contributed by atoms with E-state index in [1.807, 2.05) is 30.3 Å². The highest BCUT2D eigenvalue weighted by Crippen LogP contribution is 2.22. The first-order valence-electron chi connectivity index (χ1n) is 10.0. The van der Waals surface area contributed by atoms with Crippen molar-refractivity contribution >= 4 is 17.4 Å². The summed E-state index contributed by atoms with van der Waals surface area (Å²) in [6.07, 6.45) is 3.43. The molecule has 0 aliphatic heterocycles. The number of furan rings is 2. The van der Waals surface area contributed by atoms with Crippen LogP contribution in [-0.4, -0.2) is 15.5 Å². The topological polar surface area (TPSA) is 127 Å². The van der Waals surface area contributed by atoms with Crippen LogP contribution in [0.15, 0.2) is 85.5 Å². The van der Waals surface area contributed by atoms with Crippen LogP contribution in [0.2, 0.25) is 0 Å². The van der Waals surface area contributed by atoms with Crippen molar-refractivity contribution in [2.45, 2.75) is 25.9 Å². The van der Waals surface area contributed by atoms with E-state index in [1.54, 1.807) is 24.3 Å². The van der Waals surface area contributed by atoms with Crippen LogP contribution in [0.3, 0.4) is 0 Å². The molecule has 0 atom stereocenters. The van der Waals surface area contributed by atoms with E-state index in [-0.39, 0.29) is 36.9 Å². The first-order valence-corrected chi connectivity index (χ1v) is 10.0. The predicted molar refractivity (Wildman–Crippen MR) is 118 cm³/mol. The van der Waals surface area contributed by atoms with Gasteiger partial charge in [0.15, 0.2) is 5.69 Å². The molecule has 164 valence electrons. The van der Waals surface area contributed by atoms with Gasteiger partial charge in [0.05, 0.1) is 25.6 Å². The number of aromatic amines is 1. The third-order valence-electron chi connectivity index (χ3n) is 5.03. The van der Waals surface area contributed by atoms with E-state index in [1.165, 1.54) is 22.0 Å². The fraction of sp³-hybridized carbons (Fsp3) is 0.174. The van der Waals surface area contributed by atoms with E-state index in [2.05, 4.69) is 4.98 Å². The molecule has 4 rings (SSSR count). The first kappa shape index (κ1) is 21.0. The number of carbonyl (C=O) groups is 1. The number of nitrogens with one attached hydrogen (secondary N) is 1. The third-order valence-corrected chi connectivity index (χ3v) is 5.03. The molecule has 0 fully saturated rings. The highest BCUT2D eigenvalue weighted by molar-refractivity contribution is 5.95. The molecule has 3 aromatic heterocycles. The average Bonchev–Trinajstić information content (AvgIpc) is 3.49. The number of H-pyrrole nitrogens is 1. The van der Waals surface area contributed by atoms with Crippen LogP contribution in [0.5, 0.6) is 0 Å². The number of benzene rings is 1. The zero-order valence-electron chi connectivity index (χ0n) is 17.2. The summed E-state index contributed by atoms with van der Waals surface area (Å²) >= 11 is 0. The fourth-order valence-corrected chi connectivity index (χ4v) is 3.43. The van der Waals surface area contributed by atoms with Gasteiger partial charge in [-0.1, -0.05) is 30.3 Å². The number of aromatic nitrogens is 2. The van der Waals surface area contributed by atoms with Crippen LogP contribution >= 0.6 is 0 Å². The molecule has 9 heteroatoms. The molecule has 3 heterocycles. The molecule has 4 aromatic rings. The molecule has 0 aliphatic rings. The Labute approximate surface area is 182 Å².